The standard InChI is InChI=1S/C10H18N4O/c1-14(8-4-5-8)10(11)12-6-9(15)13-7-2-3-7/h7-8H,2-6H2,1H3,(H2,11,12)(H,13,15). The second-order valence-electron chi connectivity index (χ2n) is 4.36. The third kappa shape index (κ3) is 3.11. The average molecular weight is 210 g/mol. The van der Waals surface area contributed by atoms with E-state index in [1.165, 1.54) is 12.8 Å². The van der Waals surface area contributed by atoms with Gasteiger partial charge < -0.3 is 16.0 Å². The Morgan fingerprint density at radius 1 is 1.47 bits per heavy atom. The number of amides is 1. The quantitative estimate of drug-likeness (QED) is 0.493. The molecule has 5 nitrogen and oxygen atoms in total. The van der Waals surface area contributed by atoms with Gasteiger partial charge in [0, 0.05) is 19.1 Å². The van der Waals surface area contributed by atoms with Crippen LogP contribution in [0.15, 0.2) is 4.99 Å². The summed E-state index contributed by atoms with van der Waals surface area (Å²) < 4.78 is 0. The Hall–Kier alpha value is -1.26. The lowest BCUT2D eigenvalue weighted by atomic mass is 10.5. The fourth-order valence-corrected chi connectivity index (χ4v) is 1.41. The molecule has 15 heavy (non-hydrogen) atoms. The van der Waals surface area contributed by atoms with Crippen LogP contribution in [0.4, 0.5) is 0 Å². The monoisotopic (exact) mass is 210 g/mol. The molecule has 0 aromatic carbocycles. The third-order valence-corrected chi connectivity index (χ3v) is 2.78. The molecule has 0 heterocycles. The number of nitrogens with two attached hydrogens (primary N) is 1. The van der Waals surface area contributed by atoms with Gasteiger partial charge in [-0.1, -0.05) is 0 Å². The van der Waals surface area contributed by atoms with Crippen LogP contribution in [0.5, 0.6) is 0 Å². The SMILES string of the molecule is CN(C(N)=NCC(=O)NC1CC1)C1CC1. The minimum atomic E-state index is -0.0235. The van der Waals surface area contributed by atoms with Gasteiger partial charge in [0.25, 0.3) is 0 Å². The molecule has 2 aliphatic rings. The highest BCUT2D eigenvalue weighted by molar-refractivity contribution is 5.84. The van der Waals surface area contributed by atoms with Crippen molar-refractivity contribution in [2.45, 2.75) is 37.8 Å². The molecule has 0 spiro atoms. The molecule has 84 valence electrons. The Bertz CT molecular complexity index is 281. The Morgan fingerprint density at radius 2 is 2.13 bits per heavy atom. The van der Waals surface area contributed by atoms with E-state index in [2.05, 4.69) is 10.3 Å². The zero-order valence-electron chi connectivity index (χ0n) is 9.07. The van der Waals surface area contributed by atoms with Gasteiger partial charge in [-0.15, -0.1) is 0 Å². The summed E-state index contributed by atoms with van der Waals surface area (Å²) in [6, 6.07) is 0.940. The first-order chi connectivity index (χ1) is 7.16. The number of aliphatic imine (C=N–C) groups is 1. The van der Waals surface area contributed by atoms with Crippen LogP contribution >= 0.6 is 0 Å². The Balaban J connectivity index is 1.72. The number of hydrogen-bond acceptors (Lipinski definition) is 2. The summed E-state index contributed by atoms with van der Waals surface area (Å²) in [6.45, 7) is 0.152. The first-order valence-electron chi connectivity index (χ1n) is 5.49. The summed E-state index contributed by atoms with van der Waals surface area (Å²) in [7, 11) is 1.93. The predicted octanol–water partition coefficient (Wildman–Crippen LogP) is -0.326. The number of hydrogen-bond donors (Lipinski definition) is 2. The lowest BCUT2D eigenvalue weighted by Gasteiger charge is -2.16. The van der Waals surface area contributed by atoms with Crippen LogP contribution in [0, 0.1) is 0 Å². The van der Waals surface area contributed by atoms with Gasteiger partial charge in [0.15, 0.2) is 5.96 Å². The first kappa shape index (κ1) is 10.3. The number of nitrogens with one attached hydrogen (secondary N) is 1. The topological polar surface area (TPSA) is 70.7 Å². The van der Waals surface area contributed by atoms with Crippen LogP contribution in [0.2, 0.25) is 0 Å². The lowest BCUT2D eigenvalue weighted by molar-refractivity contribution is -0.119. The van der Waals surface area contributed by atoms with E-state index in [1.54, 1.807) is 0 Å². The summed E-state index contributed by atoms with van der Waals surface area (Å²) in [4.78, 5) is 17.3. The van der Waals surface area contributed by atoms with Crippen molar-refractivity contribution in [2.24, 2.45) is 10.7 Å². The maximum absolute atomic E-state index is 11.3. The minimum Gasteiger partial charge on any atom is -0.370 e. The largest absolute Gasteiger partial charge is 0.370 e. The van der Waals surface area contributed by atoms with Crippen molar-refractivity contribution in [3.8, 4) is 0 Å². The van der Waals surface area contributed by atoms with Crippen molar-refractivity contribution >= 4 is 11.9 Å². The molecule has 0 radical (unpaired) electrons. The molecule has 0 aromatic heterocycles. The Kier molecular flexibility index (Phi) is 2.79. The summed E-state index contributed by atoms with van der Waals surface area (Å²) in [5.41, 5.74) is 5.75. The summed E-state index contributed by atoms with van der Waals surface area (Å²) in [6.07, 6.45) is 4.57. The molecular formula is C10H18N4O. The second kappa shape index (κ2) is 4.08. The molecule has 2 aliphatic carbocycles. The fraction of sp³-hybridized carbons (Fsp3) is 0.800. The average Bonchev–Trinajstić information content (AvgIpc) is 3.03. The Labute approximate surface area is 89.7 Å². The molecule has 2 rings (SSSR count). The van der Waals surface area contributed by atoms with Crippen LogP contribution in [0.3, 0.4) is 0 Å². The van der Waals surface area contributed by atoms with Crippen molar-refractivity contribution in [1.29, 1.82) is 0 Å². The zero-order valence-corrected chi connectivity index (χ0v) is 9.07. The second-order valence-corrected chi connectivity index (χ2v) is 4.36. The molecule has 0 aromatic rings. The highest BCUT2D eigenvalue weighted by atomic mass is 16.2. The van der Waals surface area contributed by atoms with Gasteiger partial charge in [0.05, 0.1) is 0 Å². The summed E-state index contributed by atoms with van der Waals surface area (Å²) >= 11 is 0. The molecule has 0 saturated heterocycles. The van der Waals surface area contributed by atoms with Gasteiger partial charge in [-0.2, -0.15) is 0 Å². The molecule has 3 N–H and O–H groups in total. The smallest absolute Gasteiger partial charge is 0.242 e. The van der Waals surface area contributed by atoms with Gasteiger partial charge in [0.1, 0.15) is 6.54 Å². The zero-order chi connectivity index (χ0) is 10.8. The number of carbonyl (C=O) groups is 1. The fourth-order valence-electron chi connectivity index (χ4n) is 1.41. The molecule has 0 bridgehead atoms. The molecular weight excluding hydrogens is 192 g/mol. The predicted molar refractivity (Wildman–Crippen MR) is 58.4 cm³/mol. The minimum absolute atomic E-state index is 0.0235. The maximum atomic E-state index is 11.3. The summed E-state index contributed by atoms with van der Waals surface area (Å²) in [5.74, 6) is 0.452. The van der Waals surface area contributed by atoms with Crippen LogP contribution < -0.4 is 11.1 Å². The van der Waals surface area contributed by atoms with Gasteiger partial charge >= 0.3 is 0 Å². The van der Waals surface area contributed by atoms with E-state index >= 15 is 0 Å². The van der Waals surface area contributed by atoms with Crippen LogP contribution in [0.25, 0.3) is 0 Å². The van der Waals surface area contributed by atoms with Crippen molar-refractivity contribution < 1.29 is 4.79 Å². The van der Waals surface area contributed by atoms with Gasteiger partial charge in [-0.25, -0.2) is 4.99 Å². The first-order valence-corrected chi connectivity index (χ1v) is 5.49. The van der Waals surface area contributed by atoms with Crippen LogP contribution in [-0.2, 0) is 4.79 Å². The molecule has 1 amide bonds. The molecule has 0 atom stereocenters. The molecule has 2 saturated carbocycles. The van der Waals surface area contributed by atoms with E-state index in [4.69, 9.17) is 5.73 Å². The summed E-state index contributed by atoms with van der Waals surface area (Å²) in [5, 5.41) is 2.87. The molecule has 0 unspecified atom stereocenters. The van der Waals surface area contributed by atoms with Crippen molar-refractivity contribution in [1.82, 2.24) is 10.2 Å². The van der Waals surface area contributed by atoms with Crippen molar-refractivity contribution in [3.05, 3.63) is 0 Å². The highest BCUT2D eigenvalue weighted by Crippen LogP contribution is 2.24. The number of rotatable bonds is 4. The number of guanidine groups is 1. The van der Waals surface area contributed by atoms with E-state index in [-0.39, 0.29) is 12.5 Å². The molecule has 2 fully saturated rings. The van der Waals surface area contributed by atoms with Crippen molar-refractivity contribution in [2.75, 3.05) is 13.6 Å². The lowest BCUT2D eigenvalue weighted by Crippen LogP contribution is -2.37. The molecule has 5 heteroatoms. The van der Waals surface area contributed by atoms with Gasteiger partial charge in [-0.3, -0.25) is 4.79 Å². The number of carbonyl (C=O) groups excluding carboxylic acids is 1. The van der Waals surface area contributed by atoms with Gasteiger partial charge in [-0.05, 0) is 25.7 Å². The van der Waals surface area contributed by atoms with E-state index in [9.17, 15) is 4.79 Å². The van der Waals surface area contributed by atoms with E-state index < -0.39 is 0 Å². The maximum Gasteiger partial charge on any atom is 0.242 e. The van der Waals surface area contributed by atoms with Gasteiger partial charge in [0.2, 0.25) is 5.91 Å². The normalized spacial score (nSPS) is 21.3. The van der Waals surface area contributed by atoms with E-state index in [1.807, 2.05) is 11.9 Å². The number of nitrogens with zero attached hydrogens (tertiary/aromatic N) is 2. The van der Waals surface area contributed by atoms with Crippen LogP contribution in [0.1, 0.15) is 25.7 Å². The van der Waals surface area contributed by atoms with Crippen molar-refractivity contribution in [3.63, 3.8) is 0 Å². The van der Waals surface area contributed by atoms with Crippen LogP contribution in [-0.4, -0.2) is 42.4 Å². The highest BCUT2D eigenvalue weighted by Gasteiger charge is 2.27. The van der Waals surface area contributed by atoms with E-state index in [0.717, 1.165) is 12.8 Å². The molecule has 0 aliphatic heterocycles. The Morgan fingerprint density at radius 3 is 2.67 bits per heavy atom. The van der Waals surface area contributed by atoms with E-state index in [0.29, 0.717) is 18.0 Å². The third-order valence-electron chi connectivity index (χ3n) is 2.78.